The second-order valence-electron chi connectivity index (χ2n) is 6.87. The summed E-state index contributed by atoms with van der Waals surface area (Å²) in [6.45, 7) is 5.23. The van der Waals surface area contributed by atoms with E-state index in [1.54, 1.807) is 18.6 Å². The van der Waals surface area contributed by atoms with Crippen LogP contribution in [-0.4, -0.2) is 80.1 Å². The summed E-state index contributed by atoms with van der Waals surface area (Å²) in [5.74, 6) is 0.354. The van der Waals surface area contributed by atoms with Crippen molar-refractivity contribution in [1.29, 1.82) is 0 Å². The fraction of sp³-hybridized carbons (Fsp3) is 0.667. The Hall–Kier alpha value is -1.28. The van der Waals surface area contributed by atoms with Crippen molar-refractivity contribution in [3.8, 4) is 0 Å². The van der Waals surface area contributed by atoms with Gasteiger partial charge in [-0.15, -0.1) is 11.3 Å². The second-order valence-corrected chi connectivity index (χ2v) is 7.78. The quantitative estimate of drug-likeness (QED) is 0.706. The summed E-state index contributed by atoms with van der Waals surface area (Å²) < 4.78 is 5.11. The van der Waals surface area contributed by atoms with Crippen molar-refractivity contribution in [2.75, 3.05) is 53.6 Å². The van der Waals surface area contributed by atoms with Gasteiger partial charge in [0.1, 0.15) is 0 Å². The maximum absolute atomic E-state index is 12.8. The molecule has 1 aromatic rings. The molecular formula is C18H28N2O4S. The van der Waals surface area contributed by atoms with Gasteiger partial charge in [-0.1, -0.05) is 0 Å². The Morgan fingerprint density at radius 1 is 1.40 bits per heavy atom. The topological polar surface area (TPSA) is 70.1 Å². The lowest BCUT2D eigenvalue weighted by Gasteiger charge is -2.38. The van der Waals surface area contributed by atoms with E-state index in [-0.39, 0.29) is 24.2 Å². The summed E-state index contributed by atoms with van der Waals surface area (Å²) in [6, 6.07) is 1.68. The molecule has 1 amide bonds. The maximum atomic E-state index is 12.8. The number of ketones is 1. The number of hydrogen-bond donors (Lipinski definition) is 1. The van der Waals surface area contributed by atoms with Crippen LogP contribution in [-0.2, 0) is 4.74 Å². The molecule has 1 aromatic heterocycles. The van der Waals surface area contributed by atoms with Crippen molar-refractivity contribution >= 4 is 23.0 Å². The van der Waals surface area contributed by atoms with Gasteiger partial charge in [0, 0.05) is 45.3 Å². The summed E-state index contributed by atoms with van der Waals surface area (Å²) in [4.78, 5) is 28.9. The molecule has 1 aliphatic rings. The highest BCUT2D eigenvalue weighted by Crippen LogP contribution is 2.25. The number of aliphatic hydroxyl groups is 1. The molecular weight excluding hydrogens is 340 g/mol. The number of likely N-dealkylation sites (N-methyl/N-ethyl adjacent to an activating group) is 1. The molecule has 0 unspecified atom stereocenters. The summed E-state index contributed by atoms with van der Waals surface area (Å²) in [6.07, 6.45) is 0.917. The van der Waals surface area contributed by atoms with E-state index in [0.717, 1.165) is 19.5 Å². The molecule has 2 heterocycles. The van der Waals surface area contributed by atoms with E-state index in [9.17, 15) is 14.7 Å². The Labute approximate surface area is 153 Å². The van der Waals surface area contributed by atoms with Crippen molar-refractivity contribution in [2.24, 2.45) is 11.8 Å². The Morgan fingerprint density at radius 2 is 2.12 bits per heavy atom. The molecule has 7 heteroatoms. The highest BCUT2D eigenvalue weighted by molar-refractivity contribution is 7.12. The molecule has 140 valence electrons. The van der Waals surface area contributed by atoms with E-state index in [2.05, 4.69) is 4.90 Å². The fourth-order valence-electron chi connectivity index (χ4n) is 3.34. The van der Waals surface area contributed by atoms with Crippen LogP contribution < -0.4 is 0 Å². The van der Waals surface area contributed by atoms with Crippen molar-refractivity contribution in [2.45, 2.75) is 13.3 Å². The van der Waals surface area contributed by atoms with Crippen LogP contribution in [0.1, 0.15) is 33.4 Å². The van der Waals surface area contributed by atoms with Gasteiger partial charge in [-0.3, -0.25) is 9.59 Å². The van der Waals surface area contributed by atoms with Crippen LogP contribution in [0.5, 0.6) is 0 Å². The largest absolute Gasteiger partial charge is 0.396 e. The van der Waals surface area contributed by atoms with Crippen LogP contribution in [0, 0.1) is 11.8 Å². The van der Waals surface area contributed by atoms with E-state index in [4.69, 9.17) is 4.74 Å². The minimum Gasteiger partial charge on any atom is -0.396 e. The van der Waals surface area contributed by atoms with Gasteiger partial charge in [-0.05, 0) is 38.3 Å². The highest BCUT2D eigenvalue weighted by atomic mass is 32.1. The van der Waals surface area contributed by atoms with Crippen molar-refractivity contribution in [3.05, 3.63) is 21.9 Å². The first-order valence-corrected chi connectivity index (χ1v) is 9.49. The van der Waals surface area contributed by atoms with Crippen LogP contribution in [0.2, 0.25) is 0 Å². The third-order valence-electron chi connectivity index (χ3n) is 4.61. The number of ether oxygens (including phenoxy) is 1. The molecule has 2 rings (SSSR count). The number of rotatable bonds is 8. The maximum Gasteiger partial charge on any atom is 0.254 e. The number of hydrogen-bond acceptors (Lipinski definition) is 6. The number of aliphatic hydroxyl groups excluding tert-OH is 1. The number of thiophene rings is 1. The molecule has 0 aliphatic carbocycles. The van der Waals surface area contributed by atoms with Gasteiger partial charge in [0.25, 0.3) is 5.91 Å². The van der Waals surface area contributed by atoms with E-state index in [1.807, 2.05) is 11.9 Å². The lowest BCUT2D eigenvalue weighted by molar-refractivity contribution is 0.0451. The number of carbonyl (C=O) groups is 2. The zero-order valence-corrected chi connectivity index (χ0v) is 16.1. The van der Waals surface area contributed by atoms with Gasteiger partial charge in [0.05, 0.1) is 17.0 Å². The monoisotopic (exact) mass is 368 g/mol. The molecule has 1 saturated heterocycles. The zero-order chi connectivity index (χ0) is 18.4. The summed E-state index contributed by atoms with van der Waals surface area (Å²) in [7, 11) is 3.73. The van der Waals surface area contributed by atoms with Gasteiger partial charge in [-0.25, -0.2) is 0 Å². The number of carbonyl (C=O) groups excluding carboxylic acids is 2. The fourth-order valence-corrected chi connectivity index (χ4v) is 4.13. The first-order chi connectivity index (χ1) is 11.9. The van der Waals surface area contributed by atoms with E-state index < -0.39 is 0 Å². The first-order valence-electron chi connectivity index (χ1n) is 8.61. The normalized spacial score (nSPS) is 20.9. The molecule has 1 fully saturated rings. The molecule has 1 aliphatic heterocycles. The van der Waals surface area contributed by atoms with Crippen LogP contribution in [0.15, 0.2) is 11.4 Å². The Balaban J connectivity index is 2.02. The van der Waals surface area contributed by atoms with E-state index in [0.29, 0.717) is 36.1 Å². The average Bonchev–Trinajstić information content (AvgIpc) is 3.09. The van der Waals surface area contributed by atoms with Crippen molar-refractivity contribution < 1.29 is 19.4 Å². The standard InChI is InChI=1S/C18H28N2O4S/c1-13(22)17-7-16(12-25-17)18(23)20-9-14(6-15(10-20)11-21)8-19(2)4-5-24-3/h7,12,14-15,21H,4-6,8-11H2,1-3H3/t14-,15+/m1/s1. The second kappa shape index (κ2) is 9.43. The Bertz CT molecular complexity index is 589. The number of likely N-dealkylation sites (tertiary alicyclic amines) is 1. The van der Waals surface area contributed by atoms with E-state index >= 15 is 0 Å². The molecule has 0 aromatic carbocycles. The van der Waals surface area contributed by atoms with Gasteiger partial charge in [-0.2, -0.15) is 0 Å². The predicted molar refractivity (Wildman–Crippen MR) is 98.3 cm³/mol. The first kappa shape index (κ1) is 20.0. The van der Waals surface area contributed by atoms with Crippen LogP contribution >= 0.6 is 11.3 Å². The molecule has 6 nitrogen and oxygen atoms in total. The highest BCUT2D eigenvalue weighted by Gasteiger charge is 2.31. The third kappa shape index (κ3) is 5.60. The smallest absolute Gasteiger partial charge is 0.254 e. The summed E-state index contributed by atoms with van der Waals surface area (Å²) >= 11 is 1.31. The predicted octanol–water partition coefficient (Wildman–Crippen LogP) is 1.60. The molecule has 0 bridgehead atoms. The van der Waals surface area contributed by atoms with E-state index in [1.165, 1.54) is 18.3 Å². The minimum absolute atomic E-state index is 0.0198. The number of piperidine rings is 1. The van der Waals surface area contributed by atoms with Crippen LogP contribution in [0.3, 0.4) is 0 Å². The molecule has 0 spiro atoms. The lowest BCUT2D eigenvalue weighted by atomic mass is 9.89. The zero-order valence-electron chi connectivity index (χ0n) is 15.2. The summed E-state index contributed by atoms with van der Waals surface area (Å²) in [5.41, 5.74) is 0.570. The van der Waals surface area contributed by atoms with Gasteiger partial charge in [0.15, 0.2) is 5.78 Å². The van der Waals surface area contributed by atoms with Gasteiger partial charge in [0.2, 0.25) is 0 Å². The third-order valence-corrected chi connectivity index (χ3v) is 5.64. The van der Waals surface area contributed by atoms with Crippen molar-refractivity contribution in [1.82, 2.24) is 9.80 Å². The molecule has 1 N–H and O–H groups in total. The van der Waals surface area contributed by atoms with Gasteiger partial charge >= 0.3 is 0 Å². The Kier molecular flexibility index (Phi) is 7.56. The minimum atomic E-state index is -0.0496. The number of methoxy groups -OCH3 is 1. The average molecular weight is 368 g/mol. The number of Topliss-reactive ketones (excluding diaryl/α,β-unsaturated/α-hetero) is 1. The molecule has 25 heavy (non-hydrogen) atoms. The Morgan fingerprint density at radius 3 is 2.72 bits per heavy atom. The van der Waals surface area contributed by atoms with Crippen molar-refractivity contribution in [3.63, 3.8) is 0 Å². The van der Waals surface area contributed by atoms with Gasteiger partial charge < -0.3 is 19.6 Å². The number of nitrogens with zero attached hydrogens (tertiary/aromatic N) is 2. The lowest BCUT2D eigenvalue weighted by Crippen LogP contribution is -2.47. The molecule has 0 saturated carbocycles. The number of amides is 1. The van der Waals surface area contributed by atoms with Crippen LogP contribution in [0.25, 0.3) is 0 Å². The summed E-state index contributed by atoms with van der Waals surface area (Å²) in [5, 5.41) is 11.4. The molecule has 0 radical (unpaired) electrons. The SMILES string of the molecule is COCCN(C)C[C@H]1C[C@H](CO)CN(C(=O)c2csc(C(C)=O)c2)C1. The van der Waals surface area contributed by atoms with Crippen LogP contribution in [0.4, 0.5) is 0 Å². The molecule has 2 atom stereocenters.